The molecule has 4 rings (SSSR count). The molecule has 2 aromatic rings. The Morgan fingerprint density at radius 3 is 2.00 bits per heavy atom. The topological polar surface area (TPSA) is 83.1 Å². The number of esters is 1. The number of nitrogens with one attached hydrogen (secondary N) is 1. The molecule has 36 heavy (non-hydrogen) atoms. The van der Waals surface area contributed by atoms with E-state index in [1.54, 1.807) is 6.92 Å². The third kappa shape index (κ3) is 5.59. The van der Waals surface area contributed by atoms with Gasteiger partial charge < -0.3 is 24.3 Å². The Morgan fingerprint density at radius 2 is 1.44 bits per heavy atom. The second-order valence-electron chi connectivity index (χ2n) is 9.12. The zero-order valence-electron chi connectivity index (χ0n) is 21.2. The second kappa shape index (κ2) is 11.6. The number of carbonyl (C=O) groups excluding carboxylic acids is 2. The first-order chi connectivity index (χ1) is 17.4. The lowest BCUT2D eigenvalue weighted by molar-refractivity contribution is -0.138. The molecule has 7 nitrogen and oxygen atoms in total. The van der Waals surface area contributed by atoms with Crippen LogP contribution in [0.25, 0.3) is 0 Å². The first-order valence-electron chi connectivity index (χ1n) is 12.1. The standard InChI is InChI=1S/C29H33NO6/c1-18-24(20(3)31)26(25(19(2)30-18)29(32)33-4)28-27(35-16-22-13-9-6-10-14-22)23(17-36-28)34-15-21-11-7-5-8-12-21/h5-14,23,26-28,30H,15-17H2,1-4H3/t23-,26+,27+,28?/m0/s1. The number of rotatable bonds is 9. The summed E-state index contributed by atoms with van der Waals surface area (Å²) in [5.41, 5.74) is 4.23. The number of hydrogen-bond acceptors (Lipinski definition) is 7. The highest BCUT2D eigenvalue weighted by Crippen LogP contribution is 2.40. The maximum atomic E-state index is 12.9. The summed E-state index contributed by atoms with van der Waals surface area (Å²) in [4.78, 5) is 25.7. The Morgan fingerprint density at radius 1 is 0.889 bits per heavy atom. The maximum absolute atomic E-state index is 12.9. The van der Waals surface area contributed by atoms with Gasteiger partial charge in [-0.05, 0) is 31.9 Å². The van der Waals surface area contributed by atoms with Crippen LogP contribution in [0, 0.1) is 5.92 Å². The van der Waals surface area contributed by atoms with Crippen molar-refractivity contribution in [3.63, 3.8) is 0 Å². The Balaban J connectivity index is 1.67. The Labute approximate surface area is 212 Å². The van der Waals surface area contributed by atoms with Gasteiger partial charge in [0.25, 0.3) is 0 Å². The third-order valence-electron chi connectivity index (χ3n) is 6.65. The summed E-state index contributed by atoms with van der Waals surface area (Å²) in [6.07, 6.45) is -1.53. The van der Waals surface area contributed by atoms with Crippen molar-refractivity contribution in [2.75, 3.05) is 13.7 Å². The molecule has 0 bridgehead atoms. The number of benzene rings is 2. The molecule has 1 saturated heterocycles. The van der Waals surface area contributed by atoms with Crippen molar-refractivity contribution < 1.29 is 28.5 Å². The lowest BCUT2D eigenvalue weighted by Crippen LogP contribution is -2.45. The van der Waals surface area contributed by atoms with Crippen LogP contribution < -0.4 is 5.32 Å². The molecule has 0 amide bonds. The number of hydrogen-bond donors (Lipinski definition) is 1. The molecule has 1 fully saturated rings. The zero-order chi connectivity index (χ0) is 25.7. The minimum atomic E-state index is -0.651. The predicted octanol–water partition coefficient (Wildman–Crippen LogP) is 4.09. The van der Waals surface area contributed by atoms with E-state index in [0.717, 1.165) is 11.1 Å². The van der Waals surface area contributed by atoms with Gasteiger partial charge in [0.05, 0.1) is 44.5 Å². The van der Waals surface area contributed by atoms with E-state index in [4.69, 9.17) is 18.9 Å². The average Bonchev–Trinajstić information content (AvgIpc) is 3.28. The summed E-state index contributed by atoms with van der Waals surface area (Å²) in [6, 6.07) is 19.7. The molecule has 2 heterocycles. The van der Waals surface area contributed by atoms with Crippen molar-refractivity contribution in [2.45, 2.75) is 52.3 Å². The number of allylic oxidation sites excluding steroid dienone is 2. The fourth-order valence-electron chi connectivity index (χ4n) is 5.01. The van der Waals surface area contributed by atoms with Crippen molar-refractivity contribution in [1.82, 2.24) is 5.32 Å². The number of Topliss-reactive ketones (excluding diaryl/α,β-unsaturated/α-hetero) is 1. The van der Waals surface area contributed by atoms with E-state index in [1.165, 1.54) is 14.0 Å². The fourth-order valence-corrected chi connectivity index (χ4v) is 5.01. The molecular weight excluding hydrogens is 458 g/mol. The van der Waals surface area contributed by atoms with Crippen molar-refractivity contribution in [3.8, 4) is 0 Å². The first-order valence-corrected chi connectivity index (χ1v) is 12.1. The fraction of sp³-hybridized carbons (Fsp3) is 0.379. The number of ether oxygens (including phenoxy) is 4. The van der Waals surface area contributed by atoms with Crippen molar-refractivity contribution in [3.05, 3.63) is 94.3 Å². The van der Waals surface area contributed by atoms with E-state index >= 15 is 0 Å². The molecule has 2 aliphatic heterocycles. The number of carbonyl (C=O) groups is 2. The number of dihydropyridines is 1. The molecule has 0 spiro atoms. The van der Waals surface area contributed by atoms with Gasteiger partial charge in [0.1, 0.15) is 12.2 Å². The highest BCUT2D eigenvalue weighted by molar-refractivity contribution is 6.00. The maximum Gasteiger partial charge on any atom is 0.336 e. The quantitative estimate of drug-likeness (QED) is 0.529. The monoisotopic (exact) mass is 491 g/mol. The molecule has 0 saturated carbocycles. The molecule has 1 unspecified atom stereocenters. The van der Waals surface area contributed by atoms with Crippen LogP contribution in [0.2, 0.25) is 0 Å². The summed E-state index contributed by atoms with van der Waals surface area (Å²) in [7, 11) is 1.34. The number of methoxy groups -OCH3 is 1. The lowest BCUT2D eigenvalue weighted by Gasteiger charge is -2.35. The van der Waals surface area contributed by atoms with Crippen LogP contribution in [0.3, 0.4) is 0 Å². The molecule has 0 aliphatic carbocycles. The van der Waals surface area contributed by atoms with Crippen LogP contribution in [-0.2, 0) is 41.8 Å². The average molecular weight is 492 g/mol. The van der Waals surface area contributed by atoms with Crippen LogP contribution in [0.4, 0.5) is 0 Å². The van der Waals surface area contributed by atoms with E-state index in [2.05, 4.69) is 5.32 Å². The molecule has 2 aliphatic rings. The molecule has 190 valence electrons. The van der Waals surface area contributed by atoms with E-state index < -0.39 is 24.1 Å². The van der Waals surface area contributed by atoms with Crippen molar-refractivity contribution in [2.24, 2.45) is 5.92 Å². The van der Waals surface area contributed by atoms with Crippen molar-refractivity contribution >= 4 is 11.8 Å². The van der Waals surface area contributed by atoms with Gasteiger partial charge in [0.15, 0.2) is 5.78 Å². The largest absolute Gasteiger partial charge is 0.466 e. The zero-order valence-corrected chi connectivity index (χ0v) is 21.2. The smallest absolute Gasteiger partial charge is 0.336 e. The van der Waals surface area contributed by atoms with E-state index in [1.807, 2.05) is 67.6 Å². The van der Waals surface area contributed by atoms with Crippen LogP contribution in [0.1, 0.15) is 31.9 Å². The molecule has 2 aromatic carbocycles. The molecule has 0 radical (unpaired) electrons. The third-order valence-corrected chi connectivity index (χ3v) is 6.65. The predicted molar refractivity (Wildman–Crippen MR) is 135 cm³/mol. The summed E-state index contributed by atoms with van der Waals surface area (Å²) in [5, 5.41) is 3.17. The Hall–Kier alpha value is -3.26. The van der Waals surface area contributed by atoms with Gasteiger partial charge in [-0.2, -0.15) is 0 Å². The molecule has 1 N–H and O–H groups in total. The Kier molecular flexibility index (Phi) is 8.36. The minimum Gasteiger partial charge on any atom is -0.466 e. The van der Waals surface area contributed by atoms with Gasteiger partial charge >= 0.3 is 5.97 Å². The van der Waals surface area contributed by atoms with Crippen molar-refractivity contribution in [1.29, 1.82) is 0 Å². The summed E-state index contributed by atoms with van der Waals surface area (Å²) < 4.78 is 24.1. The van der Waals surface area contributed by atoms with E-state index in [9.17, 15) is 9.59 Å². The summed E-state index contributed by atoms with van der Waals surface area (Å²) >= 11 is 0. The van der Waals surface area contributed by atoms with Gasteiger partial charge in [-0.25, -0.2) is 4.79 Å². The first kappa shape index (κ1) is 25.8. The van der Waals surface area contributed by atoms with E-state index in [0.29, 0.717) is 35.8 Å². The van der Waals surface area contributed by atoms with Gasteiger partial charge in [-0.1, -0.05) is 60.7 Å². The van der Waals surface area contributed by atoms with Gasteiger partial charge in [-0.3, -0.25) is 4.79 Å². The Bertz CT molecular complexity index is 1140. The molecule has 4 atom stereocenters. The second-order valence-corrected chi connectivity index (χ2v) is 9.12. The molecule has 7 heteroatoms. The van der Waals surface area contributed by atoms with Gasteiger partial charge in [0, 0.05) is 17.0 Å². The highest BCUT2D eigenvalue weighted by atomic mass is 16.6. The van der Waals surface area contributed by atoms with Gasteiger partial charge in [-0.15, -0.1) is 0 Å². The number of ketones is 1. The summed E-state index contributed by atoms with van der Waals surface area (Å²) in [5.74, 6) is -1.30. The summed E-state index contributed by atoms with van der Waals surface area (Å²) in [6.45, 7) is 6.15. The highest BCUT2D eigenvalue weighted by Gasteiger charge is 2.49. The van der Waals surface area contributed by atoms with Crippen LogP contribution in [-0.4, -0.2) is 43.8 Å². The SMILES string of the molecule is COC(=O)C1=C(C)NC(C)=C(C(C)=O)[C@H]1C1OC[C@H](OCc2ccccc2)[C@H]1OCc1ccccc1. The van der Waals surface area contributed by atoms with Crippen LogP contribution in [0.5, 0.6) is 0 Å². The van der Waals surface area contributed by atoms with Crippen LogP contribution in [0.15, 0.2) is 83.2 Å². The van der Waals surface area contributed by atoms with E-state index in [-0.39, 0.29) is 18.5 Å². The minimum absolute atomic E-state index is 0.141. The lowest BCUT2D eigenvalue weighted by atomic mass is 9.78. The molecular formula is C29H33NO6. The van der Waals surface area contributed by atoms with Gasteiger partial charge in [0.2, 0.25) is 0 Å². The van der Waals surface area contributed by atoms with Crippen LogP contribution >= 0.6 is 0 Å². The molecule has 0 aromatic heterocycles. The normalized spacial score (nSPS) is 24.0.